The van der Waals surface area contributed by atoms with E-state index in [2.05, 4.69) is 41.6 Å². The Labute approximate surface area is 78.2 Å². The number of rotatable bonds is 1. The summed E-state index contributed by atoms with van der Waals surface area (Å²) in [5.74, 6) is 0.555. The first-order chi connectivity index (χ1) is 6.20. The average Bonchev–Trinajstić information content (AvgIpc) is 2.48. The molecule has 2 nitrogen and oxygen atoms in total. The van der Waals surface area contributed by atoms with Crippen LogP contribution in [-0.2, 0) is 7.05 Å². The summed E-state index contributed by atoms with van der Waals surface area (Å²) in [6.07, 6.45) is 1.87. The Kier molecular flexibility index (Phi) is 1.83. The molecule has 0 N–H and O–H groups in total. The number of fused-ring (bicyclic) bond motifs is 1. The van der Waals surface area contributed by atoms with Gasteiger partial charge < -0.3 is 4.57 Å². The van der Waals surface area contributed by atoms with E-state index in [0.717, 1.165) is 5.52 Å². The van der Waals surface area contributed by atoms with E-state index in [1.165, 1.54) is 11.1 Å². The van der Waals surface area contributed by atoms with Gasteiger partial charge in [-0.3, -0.25) is 0 Å². The van der Waals surface area contributed by atoms with Crippen molar-refractivity contribution in [3.8, 4) is 0 Å². The molecular weight excluding hydrogens is 160 g/mol. The summed E-state index contributed by atoms with van der Waals surface area (Å²) in [6.45, 7) is 4.42. The molecule has 0 saturated heterocycles. The maximum absolute atomic E-state index is 4.32. The second-order valence-electron chi connectivity index (χ2n) is 3.73. The van der Waals surface area contributed by atoms with Crippen LogP contribution in [0.15, 0.2) is 24.5 Å². The van der Waals surface area contributed by atoms with Crippen molar-refractivity contribution in [2.75, 3.05) is 0 Å². The highest BCUT2D eigenvalue weighted by Gasteiger charge is 2.07. The van der Waals surface area contributed by atoms with E-state index in [0.29, 0.717) is 5.92 Å². The smallest absolute Gasteiger partial charge is 0.0955 e. The molecule has 0 atom stereocenters. The molecule has 0 amide bonds. The van der Waals surface area contributed by atoms with Gasteiger partial charge in [0.15, 0.2) is 0 Å². The molecule has 0 aliphatic carbocycles. The molecule has 0 bridgehead atoms. The standard InChI is InChI=1S/C11H14N2/c1-8(2)9-5-4-6-10-11(9)13(3)7-12-10/h4-8H,1-3H3. The summed E-state index contributed by atoms with van der Waals surface area (Å²) in [5, 5.41) is 0. The van der Waals surface area contributed by atoms with Crippen LogP contribution in [0.3, 0.4) is 0 Å². The lowest BCUT2D eigenvalue weighted by molar-refractivity contribution is 0.855. The molecular formula is C11H14N2. The third-order valence-electron chi connectivity index (χ3n) is 2.39. The predicted octanol–water partition coefficient (Wildman–Crippen LogP) is 2.70. The predicted molar refractivity (Wildman–Crippen MR) is 54.8 cm³/mol. The summed E-state index contributed by atoms with van der Waals surface area (Å²) in [5.41, 5.74) is 3.73. The molecule has 0 spiro atoms. The number of hydrogen-bond donors (Lipinski definition) is 0. The van der Waals surface area contributed by atoms with Crippen LogP contribution in [0.4, 0.5) is 0 Å². The Morgan fingerprint density at radius 2 is 2.08 bits per heavy atom. The van der Waals surface area contributed by atoms with Gasteiger partial charge in [0.25, 0.3) is 0 Å². The van der Waals surface area contributed by atoms with Gasteiger partial charge in [0.1, 0.15) is 0 Å². The summed E-state index contributed by atoms with van der Waals surface area (Å²) in [7, 11) is 2.04. The van der Waals surface area contributed by atoms with Crippen molar-refractivity contribution in [1.29, 1.82) is 0 Å². The number of imidazole rings is 1. The van der Waals surface area contributed by atoms with Crippen LogP contribution in [-0.4, -0.2) is 9.55 Å². The number of aromatic nitrogens is 2. The van der Waals surface area contributed by atoms with Crippen molar-refractivity contribution in [1.82, 2.24) is 9.55 Å². The maximum Gasteiger partial charge on any atom is 0.0955 e. The van der Waals surface area contributed by atoms with Gasteiger partial charge in [-0.1, -0.05) is 26.0 Å². The number of hydrogen-bond acceptors (Lipinski definition) is 1. The van der Waals surface area contributed by atoms with E-state index < -0.39 is 0 Å². The molecule has 0 radical (unpaired) electrons. The summed E-state index contributed by atoms with van der Waals surface area (Å²) in [6, 6.07) is 6.31. The van der Waals surface area contributed by atoms with E-state index in [4.69, 9.17) is 0 Å². The Hall–Kier alpha value is -1.31. The SMILES string of the molecule is CC(C)c1cccc2ncn(C)c12. The molecule has 0 saturated carbocycles. The van der Waals surface area contributed by atoms with Crippen molar-refractivity contribution in [3.05, 3.63) is 30.1 Å². The van der Waals surface area contributed by atoms with Crippen LogP contribution in [0.5, 0.6) is 0 Å². The van der Waals surface area contributed by atoms with Crippen LogP contribution in [0.25, 0.3) is 11.0 Å². The van der Waals surface area contributed by atoms with E-state index >= 15 is 0 Å². The van der Waals surface area contributed by atoms with Crippen LogP contribution in [0.2, 0.25) is 0 Å². The quantitative estimate of drug-likeness (QED) is 0.650. The second kappa shape index (κ2) is 2.87. The monoisotopic (exact) mass is 174 g/mol. The lowest BCUT2D eigenvalue weighted by Gasteiger charge is -2.07. The van der Waals surface area contributed by atoms with Gasteiger partial charge in [-0.05, 0) is 17.5 Å². The molecule has 2 heteroatoms. The first kappa shape index (κ1) is 8.30. The molecule has 1 aromatic heterocycles. The minimum absolute atomic E-state index is 0.555. The number of aryl methyl sites for hydroxylation is 1. The van der Waals surface area contributed by atoms with Crippen molar-refractivity contribution in [2.45, 2.75) is 19.8 Å². The Morgan fingerprint density at radius 3 is 2.77 bits per heavy atom. The third kappa shape index (κ3) is 1.22. The zero-order valence-electron chi connectivity index (χ0n) is 8.28. The highest BCUT2D eigenvalue weighted by molar-refractivity contribution is 5.79. The number of nitrogens with zero attached hydrogens (tertiary/aromatic N) is 2. The summed E-state index contributed by atoms with van der Waals surface area (Å²) in [4.78, 5) is 4.32. The summed E-state index contributed by atoms with van der Waals surface area (Å²) >= 11 is 0. The lowest BCUT2D eigenvalue weighted by Crippen LogP contribution is -1.93. The summed E-state index contributed by atoms with van der Waals surface area (Å²) < 4.78 is 2.09. The van der Waals surface area contributed by atoms with Crippen LogP contribution >= 0.6 is 0 Å². The Morgan fingerprint density at radius 1 is 1.31 bits per heavy atom. The molecule has 0 aliphatic rings. The van der Waals surface area contributed by atoms with Crippen molar-refractivity contribution < 1.29 is 0 Å². The minimum atomic E-state index is 0.555. The zero-order valence-corrected chi connectivity index (χ0v) is 8.28. The van der Waals surface area contributed by atoms with E-state index in [9.17, 15) is 0 Å². The molecule has 2 aromatic rings. The highest BCUT2D eigenvalue weighted by atomic mass is 15.0. The van der Waals surface area contributed by atoms with Crippen molar-refractivity contribution >= 4 is 11.0 Å². The first-order valence-electron chi connectivity index (χ1n) is 4.60. The Bertz CT molecular complexity index is 427. The fraction of sp³-hybridized carbons (Fsp3) is 0.364. The van der Waals surface area contributed by atoms with Crippen LogP contribution < -0.4 is 0 Å². The molecule has 0 aliphatic heterocycles. The van der Waals surface area contributed by atoms with Crippen molar-refractivity contribution in [3.63, 3.8) is 0 Å². The van der Waals surface area contributed by atoms with Crippen LogP contribution in [0.1, 0.15) is 25.3 Å². The first-order valence-corrected chi connectivity index (χ1v) is 4.60. The minimum Gasteiger partial charge on any atom is -0.333 e. The van der Waals surface area contributed by atoms with Gasteiger partial charge in [-0.25, -0.2) is 4.98 Å². The van der Waals surface area contributed by atoms with E-state index in [-0.39, 0.29) is 0 Å². The molecule has 2 rings (SSSR count). The van der Waals surface area contributed by atoms with Gasteiger partial charge in [-0.15, -0.1) is 0 Å². The van der Waals surface area contributed by atoms with E-state index in [1.54, 1.807) is 0 Å². The Balaban J connectivity index is 2.80. The van der Waals surface area contributed by atoms with Gasteiger partial charge in [-0.2, -0.15) is 0 Å². The number of para-hydroxylation sites is 1. The van der Waals surface area contributed by atoms with E-state index in [1.807, 2.05) is 13.4 Å². The lowest BCUT2D eigenvalue weighted by atomic mass is 10.0. The fourth-order valence-corrected chi connectivity index (χ4v) is 1.71. The molecule has 1 heterocycles. The van der Waals surface area contributed by atoms with Crippen LogP contribution in [0, 0.1) is 0 Å². The maximum atomic E-state index is 4.32. The number of benzene rings is 1. The molecule has 0 fully saturated rings. The third-order valence-corrected chi connectivity index (χ3v) is 2.39. The highest BCUT2D eigenvalue weighted by Crippen LogP contribution is 2.23. The molecule has 13 heavy (non-hydrogen) atoms. The fourth-order valence-electron chi connectivity index (χ4n) is 1.71. The van der Waals surface area contributed by atoms with Crippen molar-refractivity contribution in [2.24, 2.45) is 7.05 Å². The van der Waals surface area contributed by atoms with Gasteiger partial charge in [0.05, 0.1) is 17.4 Å². The van der Waals surface area contributed by atoms with Gasteiger partial charge >= 0.3 is 0 Å². The molecule has 68 valence electrons. The van der Waals surface area contributed by atoms with Gasteiger partial charge in [0, 0.05) is 7.05 Å². The largest absolute Gasteiger partial charge is 0.333 e. The zero-order chi connectivity index (χ0) is 9.42. The van der Waals surface area contributed by atoms with Gasteiger partial charge in [0.2, 0.25) is 0 Å². The molecule has 0 unspecified atom stereocenters. The topological polar surface area (TPSA) is 17.8 Å². The second-order valence-corrected chi connectivity index (χ2v) is 3.73. The normalized spacial score (nSPS) is 11.4. The average molecular weight is 174 g/mol. The molecule has 1 aromatic carbocycles.